The maximum atomic E-state index is 5.76. The van der Waals surface area contributed by atoms with Crippen LogP contribution in [0.15, 0.2) is 24.4 Å². The van der Waals surface area contributed by atoms with Crippen LogP contribution in [-0.4, -0.2) is 16.0 Å². The molecule has 0 aliphatic carbocycles. The molecule has 0 bridgehead atoms. The number of aryl methyl sites for hydroxylation is 2. The Morgan fingerprint density at radius 3 is 2.47 bits per heavy atom. The normalized spacial score (nSPS) is 12.7. The lowest BCUT2D eigenvalue weighted by Crippen LogP contribution is -2.18. The van der Waals surface area contributed by atoms with Gasteiger partial charge in [0.25, 0.3) is 0 Å². The molecule has 3 heteroatoms. The Hall–Kier alpha value is -1.61. The van der Waals surface area contributed by atoms with Crippen molar-refractivity contribution in [2.75, 3.05) is 0 Å². The van der Waals surface area contributed by atoms with Gasteiger partial charge in [-0.15, -0.1) is 0 Å². The van der Waals surface area contributed by atoms with Gasteiger partial charge in [0, 0.05) is 18.0 Å². The van der Waals surface area contributed by atoms with Gasteiger partial charge in [0.05, 0.1) is 11.9 Å². The van der Waals surface area contributed by atoms with E-state index in [0.29, 0.717) is 0 Å². The molecule has 3 N–H and O–H groups in total. The second kappa shape index (κ2) is 4.72. The van der Waals surface area contributed by atoms with E-state index in [9.17, 15) is 0 Å². The number of aromatic nitrogens is 2. The Morgan fingerprint density at radius 2 is 1.88 bits per heavy atom. The molecule has 1 aromatic heterocycles. The average Bonchev–Trinajstić information content (AvgIpc) is 2.63. The highest BCUT2D eigenvalue weighted by Crippen LogP contribution is 2.20. The number of nitrogens with zero attached hydrogens (tertiary/aromatic N) is 1. The molecule has 0 fully saturated rings. The van der Waals surface area contributed by atoms with Gasteiger partial charge in [-0.1, -0.05) is 17.2 Å². The van der Waals surface area contributed by atoms with E-state index in [1.807, 2.05) is 13.1 Å². The lowest BCUT2D eigenvalue weighted by atomic mass is 10.1. The van der Waals surface area contributed by atoms with E-state index < -0.39 is 0 Å². The van der Waals surface area contributed by atoms with Crippen LogP contribution in [-0.2, 0) is 6.42 Å². The summed E-state index contributed by atoms with van der Waals surface area (Å²) in [5.41, 5.74) is 10.5. The summed E-state index contributed by atoms with van der Waals surface area (Å²) in [6.45, 7) is 6.20. The number of benzene rings is 1. The van der Waals surface area contributed by atoms with Crippen LogP contribution in [0.4, 0.5) is 0 Å². The van der Waals surface area contributed by atoms with Gasteiger partial charge in [0.15, 0.2) is 0 Å². The third kappa shape index (κ3) is 2.94. The Kier molecular flexibility index (Phi) is 3.29. The minimum Gasteiger partial charge on any atom is -0.342 e. The minimum atomic E-state index is 0.133. The number of rotatable bonds is 3. The fourth-order valence-electron chi connectivity index (χ4n) is 2.05. The Balaban J connectivity index is 2.30. The van der Waals surface area contributed by atoms with E-state index in [2.05, 4.69) is 42.0 Å². The van der Waals surface area contributed by atoms with Gasteiger partial charge in [-0.3, -0.25) is 0 Å². The van der Waals surface area contributed by atoms with Gasteiger partial charge in [-0.05, 0) is 32.9 Å². The Morgan fingerprint density at radius 1 is 1.24 bits per heavy atom. The van der Waals surface area contributed by atoms with Crippen LogP contribution >= 0.6 is 0 Å². The lowest BCUT2D eigenvalue weighted by molar-refractivity contribution is 0.710. The number of nitrogens with one attached hydrogen (secondary N) is 1. The number of hydrogen-bond acceptors (Lipinski definition) is 2. The van der Waals surface area contributed by atoms with Crippen LogP contribution in [0, 0.1) is 13.8 Å². The number of hydrogen-bond donors (Lipinski definition) is 2. The van der Waals surface area contributed by atoms with Gasteiger partial charge in [-0.25, -0.2) is 4.98 Å². The number of imidazole rings is 1. The standard InChI is InChI=1S/C14H19N3/c1-9-4-10(2)6-12(5-9)13-8-16-14(17-13)7-11(3)15/h4-6,8,11H,7,15H2,1-3H3,(H,16,17). The molecule has 90 valence electrons. The first-order valence-electron chi connectivity index (χ1n) is 5.93. The molecule has 3 nitrogen and oxygen atoms in total. The van der Waals surface area contributed by atoms with Crippen molar-refractivity contribution < 1.29 is 0 Å². The first-order chi connectivity index (χ1) is 8.04. The molecule has 1 unspecified atom stereocenters. The van der Waals surface area contributed by atoms with Crippen LogP contribution in [0.3, 0.4) is 0 Å². The third-order valence-electron chi connectivity index (χ3n) is 2.68. The predicted molar refractivity (Wildman–Crippen MR) is 70.9 cm³/mol. The SMILES string of the molecule is Cc1cc(C)cc(-c2cnc(CC(C)N)[nH]2)c1. The molecule has 2 rings (SSSR count). The molecule has 2 aromatic rings. The van der Waals surface area contributed by atoms with Crippen LogP contribution in [0.1, 0.15) is 23.9 Å². The summed E-state index contributed by atoms with van der Waals surface area (Å²) < 4.78 is 0. The van der Waals surface area contributed by atoms with E-state index in [-0.39, 0.29) is 6.04 Å². The summed E-state index contributed by atoms with van der Waals surface area (Å²) >= 11 is 0. The van der Waals surface area contributed by atoms with Crippen LogP contribution in [0.2, 0.25) is 0 Å². The Bertz CT molecular complexity index is 492. The van der Waals surface area contributed by atoms with Gasteiger partial charge < -0.3 is 10.7 Å². The molecule has 0 radical (unpaired) electrons. The highest BCUT2D eigenvalue weighted by Gasteiger charge is 2.06. The van der Waals surface area contributed by atoms with Crippen molar-refractivity contribution >= 4 is 0 Å². The maximum absolute atomic E-state index is 5.76. The van der Waals surface area contributed by atoms with Gasteiger partial charge in [-0.2, -0.15) is 0 Å². The quantitative estimate of drug-likeness (QED) is 0.850. The second-order valence-electron chi connectivity index (χ2n) is 4.80. The highest BCUT2D eigenvalue weighted by atomic mass is 14.9. The van der Waals surface area contributed by atoms with Crippen molar-refractivity contribution in [2.24, 2.45) is 5.73 Å². The molecule has 0 spiro atoms. The number of nitrogens with two attached hydrogens (primary N) is 1. The first kappa shape index (κ1) is 11.9. The van der Waals surface area contributed by atoms with E-state index in [1.165, 1.54) is 16.7 Å². The van der Waals surface area contributed by atoms with Crippen LogP contribution in [0.5, 0.6) is 0 Å². The summed E-state index contributed by atoms with van der Waals surface area (Å²) in [7, 11) is 0. The summed E-state index contributed by atoms with van der Waals surface area (Å²) in [5.74, 6) is 0.953. The van der Waals surface area contributed by atoms with Crippen molar-refractivity contribution in [1.29, 1.82) is 0 Å². The predicted octanol–water partition coefficient (Wildman–Crippen LogP) is 2.58. The average molecular weight is 229 g/mol. The molecular formula is C14H19N3. The van der Waals surface area contributed by atoms with Crippen molar-refractivity contribution in [3.63, 3.8) is 0 Å². The van der Waals surface area contributed by atoms with Crippen LogP contribution in [0.25, 0.3) is 11.3 Å². The summed E-state index contributed by atoms with van der Waals surface area (Å²) in [5, 5.41) is 0. The zero-order valence-corrected chi connectivity index (χ0v) is 10.6. The maximum Gasteiger partial charge on any atom is 0.108 e. The number of H-pyrrole nitrogens is 1. The molecule has 0 amide bonds. The fraction of sp³-hybridized carbons (Fsp3) is 0.357. The Labute approximate surface area is 102 Å². The van der Waals surface area contributed by atoms with E-state index in [0.717, 1.165) is 17.9 Å². The number of aromatic amines is 1. The molecule has 1 heterocycles. The van der Waals surface area contributed by atoms with Crippen molar-refractivity contribution in [3.8, 4) is 11.3 Å². The zero-order chi connectivity index (χ0) is 12.4. The molecule has 0 aliphatic heterocycles. The highest BCUT2D eigenvalue weighted by molar-refractivity contribution is 5.60. The molecule has 1 atom stereocenters. The van der Waals surface area contributed by atoms with Crippen molar-refractivity contribution in [1.82, 2.24) is 9.97 Å². The minimum absolute atomic E-state index is 0.133. The van der Waals surface area contributed by atoms with E-state index >= 15 is 0 Å². The third-order valence-corrected chi connectivity index (χ3v) is 2.68. The molecule has 0 saturated carbocycles. The van der Waals surface area contributed by atoms with E-state index in [4.69, 9.17) is 5.73 Å². The molecule has 0 saturated heterocycles. The smallest absolute Gasteiger partial charge is 0.108 e. The second-order valence-corrected chi connectivity index (χ2v) is 4.80. The van der Waals surface area contributed by atoms with E-state index in [1.54, 1.807) is 0 Å². The summed E-state index contributed by atoms with van der Waals surface area (Å²) in [6.07, 6.45) is 2.66. The molecular weight excluding hydrogens is 210 g/mol. The monoisotopic (exact) mass is 229 g/mol. The fourth-order valence-corrected chi connectivity index (χ4v) is 2.05. The molecule has 0 aliphatic rings. The topological polar surface area (TPSA) is 54.7 Å². The molecule has 17 heavy (non-hydrogen) atoms. The summed E-state index contributed by atoms with van der Waals surface area (Å²) in [4.78, 5) is 7.68. The summed E-state index contributed by atoms with van der Waals surface area (Å²) in [6, 6.07) is 6.63. The van der Waals surface area contributed by atoms with Gasteiger partial charge in [0.2, 0.25) is 0 Å². The lowest BCUT2D eigenvalue weighted by Gasteiger charge is -2.03. The van der Waals surface area contributed by atoms with Crippen molar-refractivity contribution in [3.05, 3.63) is 41.3 Å². The molecule has 1 aromatic carbocycles. The van der Waals surface area contributed by atoms with Crippen LogP contribution < -0.4 is 5.73 Å². The first-order valence-corrected chi connectivity index (χ1v) is 5.93. The van der Waals surface area contributed by atoms with Gasteiger partial charge in [0.1, 0.15) is 5.82 Å². The largest absolute Gasteiger partial charge is 0.342 e. The van der Waals surface area contributed by atoms with Gasteiger partial charge >= 0.3 is 0 Å². The zero-order valence-electron chi connectivity index (χ0n) is 10.6. The van der Waals surface area contributed by atoms with Crippen molar-refractivity contribution in [2.45, 2.75) is 33.2 Å².